The third kappa shape index (κ3) is 3.88. The molecule has 2 heterocycles. The molecular formula is C25H27N2O2PS2. The number of anilines is 2. The zero-order valence-corrected chi connectivity index (χ0v) is 20.8. The lowest BCUT2D eigenvalue weighted by Gasteiger charge is -2.37. The van der Waals surface area contributed by atoms with E-state index in [1.54, 1.807) is 16.3 Å². The van der Waals surface area contributed by atoms with E-state index in [0.717, 1.165) is 41.8 Å². The number of hydrogen-bond acceptors (Lipinski definition) is 4. The molecule has 1 N–H and O–H groups in total. The molecular weight excluding hydrogens is 455 g/mol. The van der Waals surface area contributed by atoms with Crippen LogP contribution >= 0.6 is 17.0 Å². The Labute approximate surface area is 199 Å². The molecule has 3 aliphatic rings. The Kier molecular flexibility index (Phi) is 5.61. The van der Waals surface area contributed by atoms with Crippen molar-refractivity contribution in [1.82, 2.24) is 5.09 Å². The monoisotopic (exact) mass is 482 g/mol. The highest BCUT2D eigenvalue weighted by atomic mass is 32.9. The predicted molar refractivity (Wildman–Crippen MR) is 140 cm³/mol. The number of allylic oxidation sites excluding steroid dienone is 1. The van der Waals surface area contributed by atoms with E-state index in [9.17, 15) is 4.79 Å². The summed E-state index contributed by atoms with van der Waals surface area (Å²) in [6, 6.07) is 15.6. The number of nitrogens with zero attached hydrogens (tertiary/aromatic N) is 1. The number of amides is 2. The second-order valence-electron chi connectivity index (χ2n) is 9.02. The molecule has 1 saturated carbocycles. The number of nitrogens with one attached hydrogen (secondary N) is 1. The molecule has 1 saturated heterocycles. The van der Waals surface area contributed by atoms with Crippen molar-refractivity contribution in [2.45, 2.75) is 44.0 Å². The molecule has 2 fully saturated rings. The Hall–Kier alpha value is -1.85. The maximum atomic E-state index is 13.8. The van der Waals surface area contributed by atoms with E-state index in [2.05, 4.69) is 25.5 Å². The summed E-state index contributed by atoms with van der Waals surface area (Å²) in [4.78, 5) is 15.5. The van der Waals surface area contributed by atoms with E-state index in [1.165, 1.54) is 5.57 Å². The normalized spacial score (nSPS) is 30.6. The fourth-order valence-corrected chi connectivity index (χ4v) is 11.8. The quantitative estimate of drug-likeness (QED) is 0.355. The van der Waals surface area contributed by atoms with Gasteiger partial charge in [-0.15, -0.1) is 0 Å². The molecule has 2 amide bonds. The lowest BCUT2D eigenvalue weighted by molar-refractivity contribution is 0.0662. The number of benzene rings is 2. The number of para-hydroxylation sites is 2. The molecule has 0 radical (unpaired) electrons. The van der Waals surface area contributed by atoms with Crippen LogP contribution in [-0.4, -0.2) is 16.9 Å². The van der Waals surface area contributed by atoms with Crippen molar-refractivity contribution in [2.24, 2.45) is 5.92 Å². The molecule has 0 bridgehead atoms. The lowest BCUT2D eigenvalue weighted by atomic mass is 9.77. The van der Waals surface area contributed by atoms with Crippen LogP contribution in [0.15, 0.2) is 60.7 Å². The van der Waals surface area contributed by atoms with Crippen LogP contribution in [0.25, 0.3) is 12.2 Å². The predicted octanol–water partition coefficient (Wildman–Crippen LogP) is 7.51. The van der Waals surface area contributed by atoms with Gasteiger partial charge >= 0.3 is 6.03 Å². The molecule has 0 spiro atoms. The third-order valence-electron chi connectivity index (χ3n) is 6.69. The first-order valence-corrected chi connectivity index (χ1v) is 15.1. The van der Waals surface area contributed by atoms with Gasteiger partial charge in [-0.1, -0.05) is 72.1 Å². The SMILES string of the molecule is C=C(C)[C@H]1CC[C@@]2(C)O[P@](=S)(NC(=O)N3c4ccccc4C=Cc4ccccc43)S[C@@H]2C1. The lowest BCUT2D eigenvalue weighted by Crippen LogP contribution is -2.41. The standard InChI is InChI=1S/C25H27N2O2PS2/c1-17(2)20-14-15-25(3)23(16-20)32-30(31,29-25)26-24(28)27-21-10-6-4-8-18(21)12-13-19-9-5-7-11-22(19)27/h4-13,20,23H,1,14-16H2,2-3H3,(H,26,28,31)/t20-,23+,25+,30-/m0/s1. The van der Waals surface area contributed by atoms with Crippen molar-refractivity contribution in [3.05, 3.63) is 71.8 Å². The van der Waals surface area contributed by atoms with Crippen molar-refractivity contribution >= 4 is 58.4 Å². The van der Waals surface area contributed by atoms with Gasteiger partial charge in [0.1, 0.15) is 0 Å². The Bertz CT molecular complexity index is 1130. The van der Waals surface area contributed by atoms with Gasteiger partial charge in [0.25, 0.3) is 0 Å². The van der Waals surface area contributed by atoms with Gasteiger partial charge in [0.15, 0.2) is 0 Å². The van der Waals surface area contributed by atoms with Crippen LogP contribution in [0.2, 0.25) is 0 Å². The summed E-state index contributed by atoms with van der Waals surface area (Å²) >= 11 is 7.65. The zero-order valence-electron chi connectivity index (χ0n) is 18.3. The van der Waals surface area contributed by atoms with Gasteiger partial charge in [-0.3, -0.25) is 9.99 Å². The minimum absolute atomic E-state index is 0.233. The van der Waals surface area contributed by atoms with E-state index in [-0.39, 0.29) is 16.9 Å². The highest BCUT2D eigenvalue weighted by Crippen LogP contribution is 2.72. The van der Waals surface area contributed by atoms with Crippen LogP contribution in [0.3, 0.4) is 0 Å². The zero-order chi connectivity index (χ0) is 22.5. The second-order valence-corrected chi connectivity index (χ2v) is 15.6. The molecule has 166 valence electrons. The number of hydrogen-bond donors (Lipinski definition) is 1. The topological polar surface area (TPSA) is 41.6 Å². The highest BCUT2D eigenvalue weighted by Gasteiger charge is 2.53. The summed E-state index contributed by atoms with van der Waals surface area (Å²) in [6.45, 7) is 8.42. The molecule has 4 nitrogen and oxygen atoms in total. The van der Waals surface area contributed by atoms with Crippen molar-refractivity contribution < 1.29 is 9.32 Å². The average Bonchev–Trinajstić information content (AvgIpc) is 2.91. The first-order chi connectivity index (χ1) is 15.3. The third-order valence-corrected chi connectivity index (χ3v) is 12.4. The molecule has 2 aliphatic heterocycles. The van der Waals surface area contributed by atoms with Gasteiger partial charge in [0.2, 0.25) is 5.62 Å². The molecule has 0 aromatic heterocycles. The molecule has 0 unspecified atom stereocenters. The van der Waals surface area contributed by atoms with Crippen LogP contribution < -0.4 is 9.99 Å². The van der Waals surface area contributed by atoms with Crippen molar-refractivity contribution in [3.8, 4) is 0 Å². The summed E-state index contributed by atoms with van der Waals surface area (Å²) in [7, 11) is 0. The minimum atomic E-state index is -2.60. The summed E-state index contributed by atoms with van der Waals surface area (Å²) in [5, 5.41) is 3.44. The van der Waals surface area contributed by atoms with E-state index in [4.69, 9.17) is 16.3 Å². The molecule has 5 rings (SSSR count). The number of rotatable bonds is 2. The van der Waals surface area contributed by atoms with Crippen molar-refractivity contribution in [3.63, 3.8) is 0 Å². The Morgan fingerprint density at radius 3 is 2.38 bits per heavy atom. The molecule has 32 heavy (non-hydrogen) atoms. The van der Waals surface area contributed by atoms with Crippen LogP contribution in [0.4, 0.5) is 16.2 Å². The number of urea groups is 1. The largest absolute Gasteiger partial charge is 0.332 e. The van der Waals surface area contributed by atoms with E-state index >= 15 is 0 Å². The maximum Gasteiger partial charge on any atom is 0.332 e. The van der Waals surface area contributed by atoms with Crippen LogP contribution in [-0.2, 0) is 16.3 Å². The van der Waals surface area contributed by atoms with Gasteiger partial charge < -0.3 is 4.52 Å². The number of fused-ring (bicyclic) bond motifs is 3. The molecule has 2 aromatic carbocycles. The Balaban J connectivity index is 1.45. The second kappa shape index (κ2) is 8.18. The molecule has 1 aliphatic carbocycles. The minimum Gasteiger partial charge on any atom is -0.319 e. The molecule has 2 aromatic rings. The van der Waals surface area contributed by atoms with E-state index in [0.29, 0.717) is 5.92 Å². The van der Waals surface area contributed by atoms with Gasteiger partial charge in [-0.25, -0.2) is 4.79 Å². The molecule has 7 heteroatoms. The summed E-state index contributed by atoms with van der Waals surface area (Å²) < 4.78 is 6.52. The van der Waals surface area contributed by atoms with Crippen molar-refractivity contribution in [1.29, 1.82) is 0 Å². The van der Waals surface area contributed by atoms with Crippen molar-refractivity contribution in [2.75, 3.05) is 4.90 Å². The van der Waals surface area contributed by atoms with Crippen LogP contribution in [0, 0.1) is 5.92 Å². The highest BCUT2D eigenvalue weighted by molar-refractivity contribution is 8.69. The van der Waals surface area contributed by atoms with Gasteiger partial charge in [-0.2, -0.15) is 0 Å². The average molecular weight is 483 g/mol. The van der Waals surface area contributed by atoms with Crippen LogP contribution in [0.1, 0.15) is 44.2 Å². The molecule has 4 atom stereocenters. The number of carbonyl (C=O) groups is 1. The number of carbonyl (C=O) groups excluding carboxylic acids is 1. The summed E-state index contributed by atoms with van der Waals surface area (Å²) in [6.07, 6.45) is 7.10. The van der Waals surface area contributed by atoms with E-state index < -0.39 is 5.62 Å². The van der Waals surface area contributed by atoms with E-state index in [1.807, 2.05) is 60.7 Å². The first kappa shape index (κ1) is 22.0. The van der Waals surface area contributed by atoms with Crippen LogP contribution in [0.5, 0.6) is 0 Å². The fourth-order valence-electron chi connectivity index (χ4n) is 4.83. The first-order valence-electron chi connectivity index (χ1n) is 10.9. The van der Waals surface area contributed by atoms with Gasteiger partial charge in [0, 0.05) is 5.25 Å². The van der Waals surface area contributed by atoms with Gasteiger partial charge in [0.05, 0.1) is 17.0 Å². The maximum absolute atomic E-state index is 13.8. The summed E-state index contributed by atoms with van der Waals surface area (Å²) in [5.41, 5.74) is 1.97. The Morgan fingerprint density at radius 2 is 1.78 bits per heavy atom. The summed E-state index contributed by atoms with van der Waals surface area (Å²) in [5.74, 6) is 0.497. The fraction of sp³-hybridized carbons (Fsp3) is 0.320. The smallest absolute Gasteiger partial charge is 0.319 e. The Morgan fingerprint density at radius 1 is 1.19 bits per heavy atom. The van der Waals surface area contributed by atoms with Gasteiger partial charge in [-0.05, 0) is 74.1 Å².